The third-order valence-electron chi connectivity index (χ3n) is 3.04. The number of aryl methyl sites for hydroxylation is 2. The Bertz CT molecular complexity index is 772. The average molecular weight is 281 g/mol. The van der Waals surface area contributed by atoms with Crippen molar-refractivity contribution in [2.24, 2.45) is 0 Å². The number of carbonyl (C=O) groups is 1. The summed E-state index contributed by atoms with van der Waals surface area (Å²) < 4.78 is 7.03. The van der Waals surface area contributed by atoms with E-state index in [4.69, 9.17) is 4.42 Å². The Labute approximate surface area is 122 Å². The molecule has 0 bridgehead atoms. The first-order chi connectivity index (χ1) is 10.1. The molecule has 1 aromatic carbocycles. The summed E-state index contributed by atoms with van der Waals surface area (Å²) >= 11 is 0. The summed E-state index contributed by atoms with van der Waals surface area (Å²) in [6.07, 6.45) is 0. The summed E-state index contributed by atoms with van der Waals surface area (Å²) in [4.78, 5) is 12.2. The molecule has 21 heavy (non-hydrogen) atoms. The zero-order valence-electron chi connectivity index (χ0n) is 11.8. The van der Waals surface area contributed by atoms with E-state index in [2.05, 4.69) is 10.4 Å². The topological polar surface area (TPSA) is 60.1 Å². The summed E-state index contributed by atoms with van der Waals surface area (Å²) in [5, 5.41) is 7.23. The smallest absolute Gasteiger partial charge is 0.292 e. The number of nitrogens with one attached hydrogen (secondary N) is 1. The lowest BCUT2D eigenvalue weighted by Crippen LogP contribution is -2.14. The van der Waals surface area contributed by atoms with E-state index < -0.39 is 0 Å². The molecule has 106 valence electrons. The maximum Gasteiger partial charge on any atom is 0.292 e. The molecule has 0 aliphatic rings. The minimum absolute atomic E-state index is 0.283. The molecular formula is C16H15N3O2. The van der Waals surface area contributed by atoms with Crippen LogP contribution >= 0.6 is 0 Å². The van der Waals surface area contributed by atoms with Crippen LogP contribution in [0.1, 0.15) is 22.0 Å². The minimum atomic E-state index is -0.291. The molecular weight excluding hydrogens is 266 g/mol. The molecule has 0 aliphatic carbocycles. The monoisotopic (exact) mass is 281 g/mol. The van der Waals surface area contributed by atoms with E-state index in [9.17, 15) is 4.79 Å². The Morgan fingerprint density at radius 2 is 1.90 bits per heavy atom. The number of rotatable bonds is 3. The number of benzene rings is 1. The summed E-state index contributed by atoms with van der Waals surface area (Å²) in [6, 6.07) is 14.9. The lowest BCUT2D eigenvalue weighted by molar-refractivity contribution is 0.0994. The molecule has 3 rings (SSSR count). The lowest BCUT2D eigenvalue weighted by Gasteiger charge is -2.07. The van der Waals surface area contributed by atoms with Crippen LogP contribution in [-0.4, -0.2) is 15.7 Å². The third-order valence-corrected chi connectivity index (χ3v) is 3.04. The van der Waals surface area contributed by atoms with Crippen LogP contribution in [0.4, 0.5) is 5.82 Å². The van der Waals surface area contributed by atoms with Crippen molar-refractivity contribution in [2.45, 2.75) is 13.8 Å². The molecule has 5 nitrogen and oxygen atoms in total. The highest BCUT2D eigenvalue weighted by Crippen LogP contribution is 2.18. The number of anilines is 1. The van der Waals surface area contributed by atoms with E-state index in [0.29, 0.717) is 11.6 Å². The van der Waals surface area contributed by atoms with Gasteiger partial charge < -0.3 is 9.73 Å². The molecule has 3 aromatic rings. The Kier molecular flexibility index (Phi) is 3.31. The van der Waals surface area contributed by atoms with Crippen molar-refractivity contribution in [1.29, 1.82) is 0 Å². The van der Waals surface area contributed by atoms with Gasteiger partial charge in [-0.05, 0) is 38.1 Å². The van der Waals surface area contributed by atoms with E-state index in [1.165, 1.54) is 0 Å². The first-order valence-corrected chi connectivity index (χ1v) is 6.63. The van der Waals surface area contributed by atoms with Crippen LogP contribution in [0.3, 0.4) is 0 Å². The number of amides is 1. The second kappa shape index (κ2) is 5.28. The van der Waals surface area contributed by atoms with Crippen molar-refractivity contribution >= 4 is 11.7 Å². The number of furan rings is 1. The van der Waals surface area contributed by atoms with Crippen LogP contribution in [0.15, 0.2) is 52.9 Å². The molecule has 1 amide bonds. The van der Waals surface area contributed by atoms with Crippen molar-refractivity contribution in [2.75, 3.05) is 5.32 Å². The van der Waals surface area contributed by atoms with E-state index in [0.717, 1.165) is 11.4 Å². The quantitative estimate of drug-likeness (QED) is 0.801. The standard InChI is InChI=1S/C16H15N3O2/c1-11-10-15(17-16(20)14-9-8-12(2)21-14)19(18-11)13-6-4-3-5-7-13/h3-10H,1-2H3,(H,17,20). The van der Waals surface area contributed by atoms with Gasteiger partial charge >= 0.3 is 0 Å². The van der Waals surface area contributed by atoms with E-state index >= 15 is 0 Å². The molecule has 0 saturated carbocycles. The van der Waals surface area contributed by atoms with Gasteiger partial charge in [0.15, 0.2) is 5.76 Å². The number of hydrogen-bond acceptors (Lipinski definition) is 3. The highest BCUT2D eigenvalue weighted by Gasteiger charge is 2.14. The number of hydrogen-bond donors (Lipinski definition) is 1. The number of para-hydroxylation sites is 1. The van der Waals surface area contributed by atoms with Gasteiger partial charge in [-0.2, -0.15) is 5.10 Å². The van der Waals surface area contributed by atoms with Crippen LogP contribution in [0.5, 0.6) is 0 Å². The molecule has 0 spiro atoms. The summed E-state index contributed by atoms with van der Waals surface area (Å²) in [5.74, 6) is 1.30. The Balaban J connectivity index is 1.91. The van der Waals surface area contributed by atoms with Gasteiger partial charge in [-0.1, -0.05) is 18.2 Å². The minimum Gasteiger partial charge on any atom is -0.456 e. The highest BCUT2D eigenvalue weighted by molar-refractivity contribution is 6.01. The van der Waals surface area contributed by atoms with Gasteiger partial charge in [-0.3, -0.25) is 4.79 Å². The zero-order valence-corrected chi connectivity index (χ0v) is 11.8. The van der Waals surface area contributed by atoms with Gasteiger partial charge in [0.1, 0.15) is 11.6 Å². The first kappa shape index (κ1) is 13.2. The average Bonchev–Trinajstić information content (AvgIpc) is 3.06. The maximum absolute atomic E-state index is 12.2. The van der Waals surface area contributed by atoms with Crippen molar-refractivity contribution in [3.63, 3.8) is 0 Å². The molecule has 5 heteroatoms. The molecule has 2 heterocycles. The van der Waals surface area contributed by atoms with Gasteiger partial charge in [0.2, 0.25) is 0 Å². The van der Waals surface area contributed by atoms with Crippen LogP contribution in [0, 0.1) is 13.8 Å². The highest BCUT2D eigenvalue weighted by atomic mass is 16.3. The molecule has 2 aromatic heterocycles. The fourth-order valence-corrected chi connectivity index (χ4v) is 2.09. The molecule has 0 radical (unpaired) electrons. The zero-order chi connectivity index (χ0) is 14.8. The Morgan fingerprint density at radius 1 is 1.14 bits per heavy atom. The third kappa shape index (κ3) is 2.72. The van der Waals surface area contributed by atoms with Gasteiger partial charge in [0.05, 0.1) is 11.4 Å². The second-order valence-corrected chi connectivity index (χ2v) is 4.78. The van der Waals surface area contributed by atoms with Crippen LogP contribution in [0.2, 0.25) is 0 Å². The molecule has 0 saturated heterocycles. The summed E-state index contributed by atoms with van der Waals surface area (Å²) in [5.41, 5.74) is 1.71. The largest absolute Gasteiger partial charge is 0.456 e. The lowest BCUT2D eigenvalue weighted by atomic mass is 10.3. The van der Waals surface area contributed by atoms with E-state index in [1.807, 2.05) is 43.3 Å². The van der Waals surface area contributed by atoms with Crippen LogP contribution < -0.4 is 5.32 Å². The fraction of sp³-hybridized carbons (Fsp3) is 0.125. The summed E-state index contributed by atoms with van der Waals surface area (Å²) in [6.45, 7) is 3.68. The molecule has 0 atom stereocenters. The molecule has 0 aliphatic heterocycles. The van der Waals surface area contributed by atoms with Gasteiger partial charge in [-0.25, -0.2) is 4.68 Å². The number of carbonyl (C=O) groups excluding carboxylic acids is 1. The van der Waals surface area contributed by atoms with E-state index in [-0.39, 0.29) is 11.7 Å². The maximum atomic E-state index is 12.2. The number of nitrogens with zero attached hydrogens (tertiary/aromatic N) is 2. The summed E-state index contributed by atoms with van der Waals surface area (Å²) in [7, 11) is 0. The molecule has 0 fully saturated rings. The SMILES string of the molecule is Cc1cc(NC(=O)c2ccc(C)o2)n(-c2ccccc2)n1. The van der Waals surface area contributed by atoms with Crippen LogP contribution in [-0.2, 0) is 0 Å². The predicted octanol–water partition coefficient (Wildman–Crippen LogP) is 3.33. The normalized spacial score (nSPS) is 10.6. The fourth-order valence-electron chi connectivity index (χ4n) is 2.09. The van der Waals surface area contributed by atoms with Crippen LogP contribution in [0.25, 0.3) is 5.69 Å². The molecule has 0 unspecified atom stereocenters. The van der Waals surface area contributed by atoms with Crippen molar-refractivity contribution in [3.8, 4) is 5.69 Å². The Morgan fingerprint density at radius 3 is 2.57 bits per heavy atom. The van der Waals surface area contributed by atoms with Gasteiger partial charge in [0.25, 0.3) is 5.91 Å². The first-order valence-electron chi connectivity index (χ1n) is 6.63. The van der Waals surface area contributed by atoms with Gasteiger partial charge in [0, 0.05) is 6.07 Å². The van der Waals surface area contributed by atoms with Crippen molar-refractivity contribution < 1.29 is 9.21 Å². The number of aromatic nitrogens is 2. The van der Waals surface area contributed by atoms with Gasteiger partial charge in [-0.15, -0.1) is 0 Å². The second-order valence-electron chi connectivity index (χ2n) is 4.78. The Hall–Kier alpha value is -2.82. The van der Waals surface area contributed by atoms with Crippen molar-refractivity contribution in [3.05, 3.63) is 65.7 Å². The van der Waals surface area contributed by atoms with E-state index in [1.54, 1.807) is 23.7 Å². The predicted molar refractivity (Wildman–Crippen MR) is 79.7 cm³/mol. The molecule has 1 N–H and O–H groups in total. The van der Waals surface area contributed by atoms with Crippen molar-refractivity contribution in [1.82, 2.24) is 9.78 Å².